The van der Waals surface area contributed by atoms with E-state index in [0.717, 1.165) is 51.4 Å². The van der Waals surface area contributed by atoms with E-state index in [2.05, 4.69) is 34.3 Å². The van der Waals surface area contributed by atoms with Crippen LogP contribution in [0.25, 0.3) is 0 Å². The Morgan fingerprint density at radius 2 is 1.06 bits per heavy atom. The fourth-order valence-electron chi connectivity index (χ4n) is 7.03. The van der Waals surface area contributed by atoms with Gasteiger partial charge in [0, 0.05) is 45.2 Å². The van der Waals surface area contributed by atoms with Gasteiger partial charge in [0.15, 0.2) is 0 Å². The molecule has 0 spiro atoms. The van der Waals surface area contributed by atoms with Gasteiger partial charge in [-0.15, -0.1) is 23.7 Å². The van der Waals surface area contributed by atoms with Crippen molar-refractivity contribution in [3.8, 4) is 23.7 Å². The summed E-state index contributed by atoms with van der Waals surface area (Å²) in [4.78, 5) is 49.8. The molecule has 0 aliphatic heterocycles. The Morgan fingerprint density at radius 3 is 1.50 bits per heavy atom. The molecule has 0 heterocycles. The van der Waals surface area contributed by atoms with E-state index in [1.807, 2.05) is 13.8 Å². The minimum Gasteiger partial charge on any atom is -0.465 e. The minimum absolute atomic E-state index is 0.101. The van der Waals surface area contributed by atoms with Gasteiger partial charge in [0.1, 0.15) is 5.60 Å². The normalized spacial score (nSPS) is 26.4. The number of amides is 2. The predicted molar refractivity (Wildman–Crippen MR) is 186 cm³/mol. The first kappa shape index (κ1) is 39.3. The third kappa shape index (κ3) is 12.7. The van der Waals surface area contributed by atoms with Gasteiger partial charge < -0.3 is 34.3 Å². The van der Waals surface area contributed by atoms with Crippen LogP contribution in [-0.2, 0) is 33.3 Å². The van der Waals surface area contributed by atoms with Crippen LogP contribution in [0, 0.1) is 71.0 Å². The number of rotatable bonds is 17. The molecule has 50 heavy (non-hydrogen) atoms. The smallest absolute Gasteiger partial charge is 0.407 e. The molecule has 278 valence electrons. The number of fused-ring (bicyclic) bond motifs is 2. The Labute approximate surface area is 298 Å². The average molecular weight is 699 g/mol. The van der Waals surface area contributed by atoms with Crippen LogP contribution in [0.5, 0.6) is 0 Å². The van der Waals surface area contributed by atoms with Gasteiger partial charge in [-0.05, 0) is 88.9 Å². The van der Waals surface area contributed by atoms with Gasteiger partial charge in [0.05, 0.1) is 43.9 Å². The van der Waals surface area contributed by atoms with Crippen molar-refractivity contribution in [2.75, 3.05) is 39.5 Å². The first-order valence-corrected chi connectivity index (χ1v) is 18.5. The van der Waals surface area contributed by atoms with Crippen molar-refractivity contribution in [1.29, 1.82) is 0 Å². The second kappa shape index (κ2) is 18.2. The first-order chi connectivity index (χ1) is 23.8. The summed E-state index contributed by atoms with van der Waals surface area (Å²) in [5.74, 6) is 13.9. The number of alkyl carbamates (subject to hydrolysis) is 2. The molecule has 2 unspecified atom stereocenters. The van der Waals surface area contributed by atoms with E-state index in [9.17, 15) is 19.2 Å². The Kier molecular flexibility index (Phi) is 14.3. The number of nitrogens with one attached hydrogen (secondary N) is 2. The highest BCUT2D eigenvalue weighted by Crippen LogP contribution is 2.53. The van der Waals surface area contributed by atoms with Crippen LogP contribution >= 0.6 is 0 Å². The molecule has 0 saturated heterocycles. The van der Waals surface area contributed by atoms with Gasteiger partial charge in [-0.25, -0.2) is 9.59 Å². The maximum absolute atomic E-state index is 12.8. The third-order valence-electron chi connectivity index (χ3n) is 10.5. The fraction of sp³-hybridized carbons (Fsp3) is 0.795. The van der Waals surface area contributed by atoms with E-state index < -0.39 is 47.2 Å². The van der Waals surface area contributed by atoms with Crippen molar-refractivity contribution in [3.05, 3.63) is 0 Å². The summed E-state index contributed by atoms with van der Waals surface area (Å²) in [6.07, 6.45) is 7.29. The molecule has 0 radical (unpaired) electrons. The fourth-order valence-corrected chi connectivity index (χ4v) is 7.03. The topological polar surface area (TPSA) is 138 Å². The number of carbonyl (C=O) groups excluding carboxylic acids is 4. The van der Waals surface area contributed by atoms with E-state index in [1.54, 1.807) is 27.7 Å². The molecule has 4 rings (SSSR count). The van der Waals surface area contributed by atoms with Gasteiger partial charge in [-0.1, -0.05) is 13.8 Å². The lowest BCUT2D eigenvalue weighted by Crippen LogP contribution is -2.41. The summed E-state index contributed by atoms with van der Waals surface area (Å²) in [7, 11) is 0. The molecule has 2 amide bonds. The Balaban J connectivity index is 1.03. The zero-order valence-corrected chi connectivity index (χ0v) is 30.9. The second-order valence-corrected chi connectivity index (χ2v) is 15.8. The van der Waals surface area contributed by atoms with Crippen LogP contribution in [0.3, 0.4) is 0 Å². The number of hydrogen-bond donors (Lipinski definition) is 2. The summed E-state index contributed by atoms with van der Waals surface area (Å²) in [5.41, 5.74) is -1.59. The highest BCUT2D eigenvalue weighted by molar-refractivity contribution is 5.74. The lowest BCUT2D eigenvalue weighted by Gasteiger charge is -2.32. The Morgan fingerprint density at radius 1 is 0.640 bits per heavy atom. The summed E-state index contributed by atoms with van der Waals surface area (Å²) in [6, 6.07) is 0. The molecule has 0 aromatic carbocycles. The lowest BCUT2D eigenvalue weighted by atomic mass is 10.0. The summed E-state index contributed by atoms with van der Waals surface area (Å²) in [5, 5.41) is 5.36. The molecule has 11 heteroatoms. The largest absolute Gasteiger partial charge is 0.465 e. The van der Waals surface area contributed by atoms with E-state index in [1.165, 1.54) is 0 Å². The van der Waals surface area contributed by atoms with Crippen molar-refractivity contribution in [2.24, 2.45) is 47.3 Å². The molecular formula is C39H58N2O9. The summed E-state index contributed by atoms with van der Waals surface area (Å²) in [6.45, 7) is 11.9. The first-order valence-electron chi connectivity index (χ1n) is 18.5. The van der Waals surface area contributed by atoms with Crippen LogP contribution < -0.4 is 10.6 Å². The van der Waals surface area contributed by atoms with Crippen LogP contribution in [-0.4, -0.2) is 74.8 Å². The van der Waals surface area contributed by atoms with E-state index >= 15 is 0 Å². The molecule has 0 bridgehead atoms. The van der Waals surface area contributed by atoms with Crippen molar-refractivity contribution < 1.29 is 42.9 Å². The van der Waals surface area contributed by atoms with Crippen LogP contribution in [0.1, 0.15) is 99.3 Å². The van der Waals surface area contributed by atoms with Crippen molar-refractivity contribution in [1.82, 2.24) is 10.6 Å². The molecule has 0 aromatic rings. The average Bonchev–Trinajstić information content (AvgIpc) is 3.91. The van der Waals surface area contributed by atoms with Crippen LogP contribution in [0.2, 0.25) is 0 Å². The van der Waals surface area contributed by atoms with Crippen molar-refractivity contribution in [2.45, 2.75) is 111 Å². The van der Waals surface area contributed by atoms with Crippen molar-refractivity contribution >= 4 is 24.1 Å². The molecule has 2 saturated carbocycles. The summed E-state index contributed by atoms with van der Waals surface area (Å²) >= 11 is 0. The predicted octanol–water partition coefficient (Wildman–Crippen LogP) is 5.64. The Hall–Kier alpha value is -3.44. The number of hydrogen-bond acceptors (Lipinski definition) is 9. The lowest BCUT2D eigenvalue weighted by molar-refractivity contribution is -0.174. The molecule has 4 aliphatic carbocycles. The highest BCUT2D eigenvalue weighted by Gasteiger charge is 2.50. The van der Waals surface area contributed by atoms with Gasteiger partial charge >= 0.3 is 24.1 Å². The number of carbonyl (C=O) groups is 4. The quantitative estimate of drug-likeness (QED) is 0.112. The molecule has 2 fully saturated rings. The highest BCUT2D eigenvalue weighted by atomic mass is 16.6. The summed E-state index contributed by atoms with van der Waals surface area (Å²) < 4.78 is 28.1. The van der Waals surface area contributed by atoms with Crippen LogP contribution in [0.15, 0.2) is 0 Å². The van der Waals surface area contributed by atoms with E-state index in [-0.39, 0.29) is 26.3 Å². The van der Waals surface area contributed by atoms with Gasteiger partial charge in [0.2, 0.25) is 0 Å². The number of esters is 2. The monoisotopic (exact) mass is 698 g/mol. The second-order valence-electron chi connectivity index (χ2n) is 15.8. The molecule has 11 nitrogen and oxygen atoms in total. The minimum atomic E-state index is -0.928. The van der Waals surface area contributed by atoms with Gasteiger partial charge in [0.25, 0.3) is 0 Å². The van der Waals surface area contributed by atoms with Gasteiger partial charge in [-0.2, -0.15) is 0 Å². The van der Waals surface area contributed by atoms with Crippen LogP contribution in [0.4, 0.5) is 9.59 Å². The van der Waals surface area contributed by atoms with E-state index in [0.29, 0.717) is 55.1 Å². The SMILES string of the molecule is CC(CNC(=O)OC[C@@H]1[C@@H]2CCC#CCC[C@@H]21)C(=O)OCCC(C)(C)OCC(C)(C)OC(=O)C(C)CNC(=O)OC[C@@H]1[C@@H]2CCC#CCC[C@@H]21. The van der Waals surface area contributed by atoms with E-state index in [4.69, 9.17) is 23.7 Å². The maximum Gasteiger partial charge on any atom is 0.407 e. The van der Waals surface area contributed by atoms with Gasteiger partial charge in [-0.3, -0.25) is 9.59 Å². The molecule has 4 aliphatic rings. The zero-order valence-electron chi connectivity index (χ0n) is 30.9. The molecular weight excluding hydrogens is 640 g/mol. The zero-order chi connectivity index (χ0) is 36.3. The standard InChI is InChI=1S/C39H58N2O9/c1-26(21-40-36(44)47-23-32-28-15-11-7-8-12-16-29(28)32)34(42)46-20-19-38(3,4)49-25-39(5,6)50-35(43)27(2)22-41-37(45)48-24-33-30-17-13-9-10-14-18-31(30)33/h26-33H,11-25H2,1-6H3,(H,40,44)(H,41,45)/t26?,27?,28-,29+,30-,31+,32-,33-. The number of ether oxygens (including phenoxy) is 5. The third-order valence-corrected chi connectivity index (χ3v) is 10.5. The van der Waals surface area contributed by atoms with Crippen molar-refractivity contribution in [3.63, 3.8) is 0 Å². The Bertz CT molecular complexity index is 1290. The molecule has 0 aromatic heterocycles. The molecule has 8 atom stereocenters. The molecule has 2 N–H and O–H groups in total. The maximum atomic E-state index is 12.8.